The number of halogens is 1. The molecule has 0 aliphatic rings. The van der Waals surface area contributed by atoms with E-state index >= 15 is 0 Å². The van der Waals surface area contributed by atoms with Gasteiger partial charge in [0.05, 0.1) is 6.61 Å². The van der Waals surface area contributed by atoms with Gasteiger partial charge in [0.25, 0.3) is 0 Å². The molecule has 2 unspecified atom stereocenters. The number of benzene rings is 2. The van der Waals surface area contributed by atoms with Crippen LogP contribution in [0.15, 0.2) is 60.7 Å². The lowest BCUT2D eigenvalue weighted by atomic mass is 10.0. The van der Waals surface area contributed by atoms with Gasteiger partial charge in [-0.15, -0.1) is 0 Å². The maximum Gasteiger partial charge on any atom is 0.134 e. The maximum atomic E-state index is 6.33. The first-order valence-electron chi connectivity index (χ1n) is 7.09. The van der Waals surface area contributed by atoms with Gasteiger partial charge >= 0.3 is 0 Å². The van der Waals surface area contributed by atoms with Crippen LogP contribution in [0.25, 0.3) is 0 Å². The molecule has 2 atom stereocenters. The Morgan fingerprint density at radius 2 is 1.45 bits per heavy atom. The summed E-state index contributed by atoms with van der Waals surface area (Å²) >= 11 is 6.33. The molecule has 0 aliphatic heterocycles. The number of hydrogen-bond acceptors (Lipinski definition) is 1. The predicted octanol–water partition coefficient (Wildman–Crippen LogP) is 4.69. The molecule has 0 spiro atoms. The van der Waals surface area contributed by atoms with Crippen molar-refractivity contribution in [3.05, 3.63) is 71.8 Å². The molecule has 2 aromatic rings. The fraction of sp³-hybridized carbons (Fsp3) is 0.333. The van der Waals surface area contributed by atoms with E-state index in [0.717, 1.165) is 12.8 Å². The average molecular weight is 289 g/mol. The van der Waals surface area contributed by atoms with E-state index in [2.05, 4.69) is 43.3 Å². The molecule has 0 saturated heterocycles. The van der Waals surface area contributed by atoms with Gasteiger partial charge < -0.3 is 4.74 Å². The molecule has 0 amide bonds. The molecule has 106 valence electrons. The molecule has 0 aliphatic carbocycles. The lowest BCUT2D eigenvalue weighted by Crippen LogP contribution is -2.19. The Balaban J connectivity index is 1.73. The van der Waals surface area contributed by atoms with Crippen LogP contribution < -0.4 is 0 Å². The first-order valence-corrected chi connectivity index (χ1v) is 7.53. The predicted molar refractivity (Wildman–Crippen MR) is 85.0 cm³/mol. The van der Waals surface area contributed by atoms with Crippen LogP contribution in [0, 0.1) is 5.92 Å². The fourth-order valence-electron chi connectivity index (χ4n) is 2.18. The second-order valence-electron chi connectivity index (χ2n) is 5.12. The van der Waals surface area contributed by atoms with Crippen LogP contribution in [0.3, 0.4) is 0 Å². The Morgan fingerprint density at radius 1 is 0.900 bits per heavy atom. The van der Waals surface area contributed by atoms with Gasteiger partial charge in [-0.05, 0) is 24.0 Å². The summed E-state index contributed by atoms with van der Waals surface area (Å²) in [5.74, 6) is 0.301. The lowest BCUT2D eigenvalue weighted by Gasteiger charge is -2.18. The summed E-state index contributed by atoms with van der Waals surface area (Å²) in [4.78, 5) is 0. The number of hydrogen-bond donors (Lipinski definition) is 0. The highest BCUT2D eigenvalue weighted by Crippen LogP contribution is 2.18. The summed E-state index contributed by atoms with van der Waals surface area (Å²) in [6, 6.07) is 20.7. The summed E-state index contributed by atoms with van der Waals surface area (Å²) in [7, 11) is 0. The Kier molecular flexibility index (Phi) is 6.10. The van der Waals surface area contributed by atoms with Gasteiger partial charge in [0, 0.05) is 5.92 Å². The molecule has 0 bridgehead atoms. The summed E-state index contributed by atoms with van der Waals surface area (Å²) in [6.45, 7) is 2.80. The molecule has 2 heteroatoms. The van der Waals surface area contributed by atoms with Crippen LogP contribution in [0.5, 0.6) is 0 Å². The van der Waals surface area contributed by atoms with E-state index in [1.54, 1.807) is 0 Å². The smallest absolute Gasteiger partial charge is 0.134 e. The molecule has 0 fully saturated rings. The summed E-state index contributed by atoms with van der Waals surface area (Å²) in [5, 5.41) is 0. The molecule has 0 saturated carbocycles. The van der Waals surface area contributed by atoms with Crippen molar-refractivity contribution in [2.45, 2.75) is 25.3 Å². The summed E-state index contributed by atoms with van der Waals surface area (Å²) < 4.78 is 5.75. The van der Waals surface area contributed by atoms with Gasteiger partial charge in [-0.2, -0.15) is 0 Å². The molecule has 0 N–H and O–H groups in total. The van der Waals surface area contributed by atoms with Crippen LogP contribution in [-0.4, -0.2) is 12.2 Å². The molecule has 0 radical (unpaired) electrons. The molecule has 0 heterocycles. The Labute approximate surface area is 126 Å². The van der Waals surface area contributed by atoms with Crippen molar-refractivity contribution < 1.29 is 4.74 Å². The quantitative estimate of drug-likeness (QED) is 0.672. The number of rotatable bonds is 7. The van der Waals surface area contributed by atoms with Gasteiger partial charge in [-0.1, -0.05) is 79.2 Å². The Morgan fingerprint density at radius 3 is 2.05 bits per heavy atom. The minimum atomic E-state index is -0.237. The largest absolute Gasteiger partial charge is 0.362 e. The van der Waals surface area contributed by atoms with Gasteiger partial charge in [-0.3, -0.25) is 0 Å². The zero-order valence-electron chi connectivity index (χ0n) is 11.8. The summed E-state index contributed by atoms with van der Waals surface area (Å²) in [6.07, 6.45) is 1.85. The molecule has 2 aromatic carbocycles. The van der Waals surface area contributed by atoms with Crippen molar-refractivity contribution in [2.24, 2.45) is 5.92 Å². The first-order chi connectivity index (χ1) is 9.75. The fourth-order valence-corrected chi connectivity index (χ4v) is 2.36. The SMILES string of the molecule is CC(Cc1ccccc1)C(Cl)OCCc1ccccc1. The normalized spacial score (nSPS) is 13.9. The van der Waals surface area contributed by atoms with Crippen molar-refractivity contribution in [1.29, 1.82) is 0 Å². The zero-order valence-corrected chi connectivity index (χ0v) is 12.6. The van der Waals surface area contributed by atoms with E-state index in [9.17, 15) is 0 Å². The van der Waals surface area contributed by atoms with Gasteiger partial charge in [-0.25, -0.2) is 0 Å². The lowest BCUT2D eigenvalue weighted by molar-refractivity contribution is 0.0755. The van der Waals surface area contributed by atoms with Crippen molar-refractivity contribution in [2.75, 3.05) is 6.61 Å². The minimum absolute atomic E-state index is 0.237. The van der Waals surface area contributed by atoms with Gasteiger partial charge in [0.2, 0.25) is 0 Å². The van der Waals surface area contributed by atoms with Crippen LogP contribution in [0.1, 0.15) is 18.1 Å². The monoisotopic (exact) mass is 288 g/mol. The zero-order chi connectivity index (χ0) is 14.2. The van der Waals surface area contributed by atoms with Crippen molar-refractivity contribution in [3.63, 3.8) is 0 Å². The molecular formula is C18H21ClO. The van der Waals surface area contributed by atoms with Crippen molar-refractivity contribution in [1.82, 2.24) is 0 Å². The second-order valence-corrected chi connectivity index (χ2v) is 5.55. The second kappa shape index (κ2) is 8.08. The topological polar surface area (TPSA) is 9.23 Å². The third-order valence-electron chi connectivity index (χ3n) is 3.36. The van der Waals surface area contributed by atoms with E-state index in [4.69, 9.17) is 16.3 Å². The average Bonchev–Trinajstić information content (AvgIpc) is 2.49. The minimum Gasteiger partial charge on any atom is -0.362 e. The van der Waals surface area contributed by atoms with E-state index in [0.29, 0.717) is 12.5 Å². The van der Waals surface area contributed by atoms with E-state index < -0.39 is 0 Å². The van der Waals surface area contributed by atoms with E-state index in [1.165, 1.54) is 11.1 Å². The highest BCUT2D eigenvalue weighted by atomic mass is 35.5. The van der Waals surface area contributed by atoms with Crippen LogP contribution in [-0.2, 0) is 17.6 Å². The maximum absolute atomic E-state index is 6.33. The Bertz CT molecular complexity index is 483. The molecule has 1 nitrogen and oxygen atoms in total. The highest BCUT2D eigenvalue weighted by Gasteiger charge is 2.15. The number of alkyl halides is 1. The molecule has 2 rings (SSSR count). The van der Waals surface area contributed by atoms with Crippen LogP contribution in [0.4, 0.5) is 0 Å². The molecule has 20 heavy (non-hydrogen) atoms. The highest BCUT2D eigenvalue weighted by molar-refractivity contribution is 6.19. The van der Waals surface area contributed by atoms with Crippen LogP contribution >= 0.6 is 11.6 Å². The summed E-state index contributed by atoms with van der Waals surface area (Å²) in [5.41, 5.74) is 2.35. The standard InChI is InChI=1S/C18H21ClO/c1-15(14-17-10-6-3-7-11-17)18(19)20-13-12-16-8-4-2-5-9-16/h2-11,15,18H,12-14H2,1H3. The van der Waals surface area contributed by atoms with E-state index in [1.807, 2.05) is 24.3 Å². The Hall–Kier alpha value is -1.31. The van der Waals surface area contributed by atoms with Crippen LogP contribution in [0.2, 0.25) is 0 Å². The van der Waals surface area contributed by atoms with Gasteiger partial charge in [0.15, 0.2) is 0 Å². The van der Waals surface area contributed by atoms with Crippen molar-refractivity contribution >= 4 is 11.6 Å². The molecule has 0 aromatic heterocycles. The first kappa shape index (κ1) is 15.1. The third-order valence-corrected chi connectivity index (χ3v) is 3.91. The van der Waals surface area contributed by atoms with Gasteiger partial charge in [0.1, 0.15) is 5.56 Å². The third kappa shape index (κ3) is 4.99. The molecular weight excluding hydrogens is 268 g/mol. The number of ether oxygens (including phenoxy) is 1. The van der Waals surface area contributed by atoms with Crippen molar-refractivity contribution in [3.8, 4) is 0 Å². The van der Waals surface area contributed by atoms with E-state index in [-0.39, 0.29) is 5.56 Å².